The summed E-state index contributed by atoms with van der Waals surface area (Å²) in [6.45, 7) is 2.66. The number of aromatic nitrogens is 1. The van der Waals surface area contributed by atoms with Gasteiger partial charge in [0.2, 0.25) is 0 Å². The zero-order valence-electron chi connectivity index (χ0n) is 8.86. The van der Waals surface area contributed by atoms with Crippen molar-refractivity contribution in [2.75, 3.05) is 7.11 Å². The summed E-state index contributed by atoms with van der Waals surface area (Å²) in [5.74, 6) is -0.367. The van der Waals surface area contributed by atoms with Gasteiger partial charge < -0.3 is 10.1 Å². The Bertz CT molecular complexity index is 361. The number of carbonyl (C=O) groups is 1. The van der Waals surface area contributed by atoms with Crippen molar-refractivity contribution in [2.24, 2.45) is 0 Å². The molecule has 0 bridgehead atoms. The molecule has 0 spiro atoms. The number of ether oxygens (including phenoxy) is 1. The number of methoxy groups -OCH3 is 1. The van der Waals surface area contributed by atoms with Crippen LogP contribution in [0.3, 0.4) is 0 Å². The predicted molar refractivity (Wildman–Crippen MR) is 57.0 cm³/mol. The third-order valence-corrected chi connectivity index (χ3v) is 1.97. The molecule has 0 unspecified atom stereocenters. The zero-order valence-corrected chi connectivity index (χ0v) is 8.86. The lowest BCUT2D eigenvalue weighted by atomic mass is 10.1. The summed E-state index contributed by atoms with van der Waals surface area (Å²) >= 11 is 0. The molecule has 4 heteroatoms. The van der Waals surface area contributed by atoms with Gasteiger partial charge in [0.15, 0.2) is 0 Å². The highest BCUT2D eigenvalue weighted by Gasteiger charge is 1.95. The van der Waals surface area contributed by atoms with Gasteiger partial charge in [-0.3, -0.25) is 4.98 Å². The molecule has 0 saturated carbocycles. The Balaban J connectivity index is 2.41. The van der Waals surface area contributed by atoms with Gasteiger partial charge in [-0.25, -0.2) is 4.79 Å². The number of nitrogens with zero attached hydrogens (tertiary/aromatic N) is 1. The van der Waals surface area contributed by atoms with Crippen LogP contribution in [0.15, 0.2) is 30.7 Å². The van der Waals surface area contributed by atoms with Crippen LogP contribution in [-0.4, -0.2) is 18.1 Å². The number of carbonyl (C=O) groups excluding carboxylic acids is 1. The highest BCUT2D eigenvalue weighted by atomic mass is 16.5. The SMILES string of the molecule is COC(=O)/C=C/NCc1ccncc1C. The lowest BCUT2D eigenvalue weighted by molar-refractivity contribution is -0.134. The molecule has 1 heterocycles. The number of aryl methyl sites for hydroxylation is 1. The van der Waals surface area contributed by atoms with E-state index in [-0.39, 0.29) is 5.97 Å². The normalized spacial score (nSPS) is 10.3. The predicted octanol–water partition coefficient (Wildman–Crippen LogP) is 1.17. The molecule has 0 atom stereocenters. The van der Waals surface area contributed by atoms with Crippen LogP contribution in [0.4, 0.5) is 0 Å². The van der Waals surface area contributed by atoms with Crippen LogP contribution < -0.4 is 5.32 Å². The minimum absolute atomic E-state index is 0.367. The largest absolute Gasteiger partial charge is 0.466 e. The van der Waals surface area contributed by atoms with Crippen molar-refractivity contribution in [1.82, 2.24) is 10.3 Å². The molecule has 0 aromatic carbocycles. The van der Waals surface area contributed by atoms with Crippen molar-refractivity contribution >= 4 is 5.97 Å². The minimum Gasteiger partial charge on any atom is -0.466 e. The first-order valence-electron chi connectivity index (χ1n) is 4.61. The summed E-state index contributed by atoms with van der Waals surface area (Å²) in [5, 5.41) is 3.00. The van der Waals surface area contributed by atoms with Crippen LogP contribution in [-0.2, 0) is 16.1 Å². The maximum atomic E-state index is 10.7. The number of rotatable bonds is 4. The third-order valence-electron chi connectivity index (χ3n) is 1.97. The number of pyridine rings is 1. The molecule has 0 fully saturated rings. The van der Waals surface area contributed by atoms with E-state index < -0.39 is 0 Å². The number of esters is 1. The van der Waals surface area contributed by atoms with Crippen molar-refractivity contribution in [3.05, 3.63) is 41.9 Å². The van der Waals surface area contributed by atoms with Gasteiger partial charge in [-0.1, -0.05) is 0 Å². The average Bonchev–Trinajstić information content (AvgIpc) is 2.26. The van der Waals surface area contributed by atoms with Gasteiger partial charge in [-0.05, 0) is 24.1 Å². The molecule has 0 aliphatic carbocycles. The molecule has 0 radical (unpaired) electrons. The lowest BCUT2D eigenvalue weighted by Crippen LogP contribution is -2.07. The second kappa shape index (κ2) is 5.80. The topological polar surface area (TPSA) is 51.2 Å². The summed E-state index contributed by atoms with van der Waals surface area (Å²) in [6.07, 6.45) is 6.47. The number of hydrogen-bond donors (Lipinski definition) is 1. The van der Waals surface area contributed by atoms with Crippen molar-refractivity contribution in [2.45, 2.75) is 13.5 Å². The number of hydrogen-bond acceptors (Lipinski definition) is 4. The van der Waals surface area contributed by atoms with Gasteiger partial charge in [-0.15, -0.1) is 0 Å². The standard InChI is InChI=1S/C11H14N2O2/c1-9-7-12-5-3-10(9)8-13-6-4-11(14)15-2/h3-7,13H,8H2,1-2H3/b6-4+. The molecular weight excluding hydrogens is 192 g/mol. The van der Waals surface area contributed by atoms with Gasteiger partial charge in [0.1, 0.15) is 0 Å². The van der Waals surface area contributed by atoms with E-state index in [2.05, 4.69) is 15.0 Å². The maximum Gasteiger partial charge on any atom is 0.331 e. The van der Waals surface area contributed by atoms with Gasteiger partial charge in [-0.2, -0.15) is 0 Å². The summed E-state index contributed by atoms with van der Waals surface area (Å²) in [6, 6.07) is 1.94. The summed E-state index contributed by atoms with van der Waals surface area (Å²) in [4.78, 5) is 14.7. The molecule has 1 aromatic heterocycles. The van der Waals surface area contributed by atoms with Crippen molar-refractivity contribution in [3.63, 3.8) is 0 Å². The van der Waals surface area contributed by atoms with Crippen LogP contribution in [0.2, 0.25) is 0 Å². The molecule has 1 aromatic rings. The summed E-state index contributed by atoms with van der Waals surface area (Å²) in [5.41, 5.74) is 2.27. The fraction of sp³-hybridized carbons (Fsp3) is 0.273. The Labute approximate surface area is 89.0 Å². The van der Waals surface area contributed by atoms with E-state index in [4.69, 9.17) is 0 Å². The molecule has 0 aliphatic heterocycles. The van der Waals surface area contributed by atoms with E-state index in [9.17, 15) is 4.79 Å². The van der Waals surface area contributed by atoms with Crippen LogP contribution >= 0.6 is 0 Å². The Morgan fingerprint density at radius 2 is 2.47 bits per heavy atom. The highest BCUT2D eigenvalue weighted by molar-refractivity contribution is 5.81. The van der Waals surface area contributed by atoms with E-state index in [1.165, 1.54) is 13.2 Å². The Morgan fingerprint density at radius 1 is 1.67 bits per heavy atom. The van der Waals surface area contributed by atoms with Crippen LogP contribution in [0.25, 0.3) is 0 Å². The van der Waals surface area contributed by atoms with E-state index in [1.54, 1.807) is 18.6 Å². The molecule has 1 rings (SSSR count). The van der Waals surface area contributed by atoms with E-state index >= 15 is 0 Å². The van der Waals surface area contributed by atoms with E-state index in [0.29, 0.717) is 6.54 Å². The van der Waals surface area contributed by atoms with Crippen molar-refractivity contribution in [3.8, 4) is 0 Å². The monoisotopic (exact) mass is 206 g/mol. The van der Waals surface area contributed by atoms with Crippen LogP contribution in [0, 0.1) is 6.92 Å². The van der Waals surface area contributed by atoms with Gasteiger partial charge in [0.25, 0.3) is 0 Å². The first-order valence-corrected chi connectivity index (χ1v) is 4.61. The highest BCUT2D eigenvalue weighted by Crippen LogP contribution is 2.03. The molecule has 0 saturated heterocycles. The Morgan fingerprint density at radius 3 is 3.13 bits per heavy atom. The molecule has 15 heavy (non-hydrogen) atoms. The molecule has 80 valence electrons. The summed E-state index contributed by atoms with van der Waals surface area (Å²) < 4.78 is 4.45. The third kappa shape index (κ3) is 3.81. The Kier molecular flexibility index (Phi) is 4.34. The van der Waals surface area contributed by atoms with Crippen molar-refractivity contribution < 1.29 is 9.53 Å². The fourth-order valence-electron chi connectivity index (χ4n) is 1.06. The molecule has 1 N–H and O–H groups in total. The second-order valence-electron chi connectivity index (χ2n) is 3.04. The summed E-state index contributed by atoms with van der Waals surface area (Å²) in [7, 11) is 1.35. The first-order chi connectivity index (χ1) is 7.24. The maximum absolute atomic E-state index is 10.7. The lowest BCUT2D eigenvalue weighted by Gasteiger charge is -2.03. The molecule has 4 nitrogen and oxygen atoms in total. The van der Waals surface area contributed by atoms with Gasteiger partial charge in [0, 0.05) is 31.2 Å². The molecule has 0 amide bonds. The van der Waals surface area contributed by atoms with Gasteiger partial charge >= 0.3 is 5.97 Å². The zero-order chi connectivity index (χ0) is 11.1. The van der Waals surface area contributed by atoms with Crippen molar-refractivity contribution in [1.29, 1.82) is 0 Å². The van der Waals surface area contributed by atoms with Crippen LogP contribution in [0.1, 0.15) is 11.1 Å². The molecule has 0 aliphatic rings. The van der Waals surface area contributed by atoms with E-state index in [0.717, 1.165) is 11.1 Å². The fourth-order valence-corrected chi connectivity index (χ4v) is 1.06. The second-order valence-corrected chi connectivity index (χ2v) is 3.04. The van der Waals surface area contributed by atoms with Gasteiger partial charge in [0.05, 0.1) is 7.11 Å². The first kappa shape index (κ1) is 11.2. The Hall–Kier alpha value is -1.84. The minimum atomic E-state index is -0.367. The van der Waals surface area contributed by atoms with Crippen LogP contribution in [0.5, 0.6) is 0 Å². The average molecular weight is 206 g/mol. The smallest absolute Gasteiger partial charge is 0.331 e. The quantitative estimate of drug-likeness (QED) is 0.593. The molecular formula is C11H14N2O2. The van der Waals surface area contributed by atoms with E-state index in [1.807, 2.05) is 13.0 Å². The number of nitrogens with one attached hydrogen (secondary N) is 1.